The Morgan fingerprint density at radius 2 is 1.70 bits per heavy atom. The van der Waals surface area contributed by atoms with E-state index in [0.717, 1.165) is 43.1 Å². The van der Waals surface area contributed by atoms with Crippen molar-refractivity contribution in [2.75, 3.05) is 18.4 Å². The summed E-state index contributed by atoms with van der Waals surface area (Å²) in [6.45, 7) is -0.0670. The molecule has 13 heteroatoms. The second kappa shape index (κ2) is 12.5. The number of carbonyl (C=O) groups excluding carboxylic acids is 3. The minimum absolute atomic E-state index is 0.0303. The van der Waals surface area contributed by atoms with Crippen LogP contribution < -0.4 is 10.6 Å². The Bertz CT molecular complexity index is 1280. The number of nitrogens with one attached hydrogen (secondary N) is 2. The van der Waals surface area contributed by atoms with Gasteiger partial charge in [-0.3, -0.25) is 29.4 Å². The Hall–Kier alpha value is -4.55. The molecule has 4 amide bonds. The zero-order valence-electron chi connectivity index (χ0n) is 21.6. The van der Waals surface area contributed by atoms with E-state index in [9.17, 15) is 38.8 Å². The van der Waals surface area contributed by atoms with Crippen LogP contribution in [0, 0.1) is 21.8 Å². The van der Waals surface area contributed by atoms with Gasteiger partial charge in [-0.05, 0) is 49.1 Å². The molecule has 0 radical (unpaired) electrons. The van der Waals surface area contributed by atoms with Crippen molar-refractivity contribution >= 4 is 35.2 Å². The van der Waals surface area contributed by atoms with Crippen LogP contribution in [0.25, 0.3) is 0 Å². The molecule has 2 unspecified atom stereocenters. The summed E-state index contributed by atoms with van der Waals surface area (Å²) in [5.41, 5.74) is 0.00720. The predicted octanol–water partition coefficient (Wildman–Crippen LogP) is 3.59. The van der Waals surface area contributed by atoms with Crippen LogP contribution in [0.1, 0.15) is 48.9 Å². The van der Waals surface area contributed by atoms with Crippen LogP contribution in [0.2, 0.25) is 0 Å². The first-order valence-electron chi connectivity index (χ1n) is 13.0. The molecule has 0 bridgehead atoms. The number of nitro groups is 1. The van der Waals surface area contributed by atoms with Gasteiger partial charge >= 0.3 is 12.0 Å². The molecule has 12 nitrogen and oxygen atoms in total. The number of carboxylic acid groups (broad SMARTS) is 1. The topological polar surface area (TPSA) is 162 Å². The molecule has 1 heterocycles. The summed E-state index contributed by atoms with van der Waals surface area (Å²) in [4.78, 5) is 64.7. The van der Waals surface area contributed by atoms with Crippen molar-refractivity contribution in [3.05, 3.63) is 70.0 Å². The van der Waals surface area contributed by atoms with Crippen molar-refractivity contribution in [1.29, 1.82) is 0 Å². The lowest BCUT2D eigenvalue weighted by Gasteiger charge is -2.34. The highest BCUT2D eigenvalue weighted by Gasteiger charge is 2.44. The van der Waals surface area contributed by atoms with Gasteiger partial charge in [-0.2, -0.15) is 0 Å². The zero-order valence-corrected chi connectivity index (χ0v) is 21.6. The maximum Gasteiger partial charge on any atom is 0.323 e. The Balaban J connectivity index is 1.61. The van der Waals surface area contributed by atoms with E-state index in [1.807, 2.05) is 0 Å². The lowest BCUT2D eigenvalue weighted by molar-refractivity contribution is -0.384. The molecule has 4 rings (SSSR count). The van der Waals surface area contributed by atoms with Crippen LogP contribution in [0.15, 0.2) is 48.5 Å². The van der Waals surface area contributed by atoms with E-state index in [-0.39, 0.29) is 42.4 Å². The molecular weight excluding hydrogens is 525 g/mol. The third kappa shape index (κ3) is 6.71. The van der Waals surface area contributed by atoms with E-state index >= 15 is 0 Å². The summed E-state index contributed by atoms with van der Waals surface area (Å²) < 4.78 is 13.7. The number of carbonyl (C=O) groups is 4. The fourth-order valence-corrected chi connectivity index (χ4v) is 5.31. The monoisotopic (exact) mass is 555 g/mol. The minimum Gasteiger partial charge on any atom is -0.481 e. The van der Waals surface area contributed by atoms with Gasteiger partial charge in [-0.25, -0.2) is 9.18 Å². The molecule has 1 aliphatic carbocycles. The van der Waals surface area contributed by atoms with Gasteiger partial charge in [-0.15, -0.1) is 0 Å². The van der Waals surface area contributed by atoms with Crippen LogP contribution in [0.5, 0.6) is 0 Å². The van der Waals surface area contributed by atoms with Crippen molar-refractivity contribution in [2.24, 2.45) is 5.92 Å². The number of hydrogen-bond acceptors (Lipinski definition) is 6. The van der Waals surface area contributed by atoms with Gasteiger partial charge in [0.05, 0.1) is 11.3 Å². The zero-order chi connectivity index (χ0) is 28.8. The smallest absolute Gasteiger partial charge is 0.323 e. The normalized spacial score (nSPS) is 18.2. The molecule has 2 aliphatic rings. The van der Waals surface area contributed by atoms with Gasteiger partial charge in [0.25, 0.3) is 17.5 Å². The Kier molecular flexibility index (Phi) is 8.92. The molecule has 0 spiro atoms. The number of benzene rings is 2. The highest BCUT2D eigenvalue weighted by atomic mass is 19.1. The summed E-state index contributed by atoms with van der Waals surface area (Å²) in [6, 6.07) is 8.60. The molecule has 1 saturated heterocycles. The lowest BCUT2D eigenvalue weighted by Crippen LogP contribution is -2.57. The highest BCUT2D eigenvalue weighted by Crippen LogP contribution is 2.29. The third-order valence-electron chi connectivity index (χ3n) is 7.27. The lowest BCUT2D eigenvalue weighted by atomic mass is 9.82. The first kappa shape index (κ1) is 28.5. The van der Waals surface area contributed by atoms with Crippen molar-refractivity contribution in [2.45, 2.75) is 50.7 Å². The molecule has 1 saturated carbocycles. The number of anilines is 1. The van der Waals surface area contributed by atoms with Crippen molar-refractivity contribution < 1.29 is 33.6 Å². The van der Waals surface area contributed by atoms with Gasteiger partial charge in [-0.1, -0.05) is 25.3 Å². The molecule has 40 heavy (non-hydrogen) atoms. The SMILES string of the molecule is O=C(O)CC(NC(=O)C1N(C(=O)Nc2cccc(F)c2)CCN1C(=O)c1ccc([N+](=O)[O-])cc1)C1CCCCC1. The first-order chi connectivity index (χ1) is 19.1. The van der Waals surface area contributed by atoms with Crippen LogP contribution >= 0.6 is 0 Å². The van der Waals surface area contributed by atoms with Crippen LogP contribution in [0.3, 0.4) is 0 Å². The van der Waals surface area contributed by atoms with Gasteiger partial charge in [0.1, 0.15) is 5.82 Å². The second-order valence-electron chi connectivity index (χ2n) is 9.92. The number of nitro benzene ring substituents is 1. The molecule has 2 fully saturated rings. The third-order valence-corrected chi connectivity index (χ3v) is 7.27. The van der Waals surface area contributed by atoms with Crippen molar-refractivity contribution in [3.63, 3.8) is 0 Å². The number of carboxylic acids is 1. The van der Waals surface area contributed by atoms with E-state index in [4.69, 9.17) is 0 Å². The van der Waals surface area contributed by atoms with Gasteiger partial charge in [0, 0.05) is 42.5 Å². The number of aliphatic carboxylic acids is 1. The Labute approximate surface area is 229 Å². The number of hydrogen-bond donors (Lipinski definition) is 3. The minimum atomic E-state index is -1.43. The Morgan fingerprint density at radius 1 is 1.02 bits per heavy atom. The Morgan fingerprint density at radius 3 is 2.33 bits per heavy atom. The molecule has 1 aliphatic heterocycles. The number of amides is 4. The average Bonchev–Trinajstić information content (AvgIpc) is 3.38. The largest absolute Gasteiger partial charge is 0.481 e. The highest BCUT2D eigenvalue weighted by molar-refractivity contribution is 6.00. The number of rotatable bonds is 8. The quantitative estimate of drug-likeness (QED) is 0.331. The second-order valence-corrected chi connectivity index (χ2v) is 9.92. The van der Waals surface area contributed by atoms with E-state index in [1.54, 1.807) is 0 Å². The summed E-state index contributed by atoms with van der Waals surface area (Å²) >= 11 is 0. The van der Waals surface area contributed by atoms with E-state index in [0.29, 0.717) is 0 Å². The fraction of sp³-hybridized carbons (Fsp3) is 0.407. The van der Waals surface area contributed by atoms with Crippen molar-refractivity contribution in [3.8, 4) is 0 Å². The van der Waals surface area contributed by atoms with Crippen LogP contribution in [-0.4, -0.2) is 68.9 Å². The average molecular weight is 556 g/mol. The van der Waals surface area contributed by atoms with Gasteiger partial charge in [0.2, 0.25) is 0 Å². The number of halogens is 1. The summed E-state index contributed by atoms with van der Waals surface area (Å²) in [7, 11) is 0. The molecule has 2 atom stereocenters. The van der Waals surface area contributed by atoms with E-state index in [1.165, 1.54) is 47.4 Å². The summed E-state index contributed by atoms with van der Waals surface area (Å²) in [6.07, 6.45) is 2.60. The van der Waals surface area contributed by atoms with Crippen molar-refractivity contribution in [1.82, 2.24) is 15.1 Å². The maximum absolute atomic E-state index is 13.7. The molecular formula is C27H30FN5O7. The predicted molar refractivity (Wildman–Crippen MR) is 141 cm³/mol. The van der Waals surface area contributed by atoms with E-state index in [2.05, 4.69) is 10.6 Å². The number of urea groups is 1. The molecule has 0 aromatic heterocycles. The molecule has 2 aromatic rings. The summed E-state index contributed by atoms with van der Waals surface area (Å²) in [5.74, 6) is -3.08. The molecule has 2 aromatic carbocycles. The molecule has 3 N–H and O–H groups in total. The standard InChI is InChI=1S/C27H30FN5O7/c28-19-7-4-8-20(15-19)29-27(38)32-14-13-31(26(37)18-9-11-21(12-10-18)33(39)40)25(32)24(36)30-22(16-23(34)35)17-5-2-1-3-6-17/h4,7-12,15,17,22,25H,1-3,5-6,13-14,16H2,(H,29,38)(H,30,36)(H,34,35). The van der Waals surface area contributed by atoms with Gasteiger partial charge < -0.3 is 20.6 Å². The number of non-ortho nitro benzene ring substituents is 1. The van der Waals surface area contributed by atoms with Gasteiger partial charge in [0.15, 0.2) is 6.17 Å². The summed E-state index contributed by atoms with van der Waals surface area (Å²) in [5, 5.41) is 25.9. The fourth-order valence-electron chi connectivity index (χ4n) is 5.31. The number of nitrogens with zero attached hydrogens (tertiary/aromatic N) is 3. The van der Waals surface area contributed by atoms with Crippen LogP contribution in [-0.2, 0) is 9.59 Å². The molecule has 212 valence electrons. The van der Waals surface area contributed by atoms with E-state index < -0.39 is 46.8 Å². The maximum atomic E-state index is 13.7. The van der Waals surface area contributed by atoms with Crippen LogP contribution in [0.4, 0.5) is 20.6 Å². The first-order valence-corrected chi connectivity index (χ1v) is 13.0.